The summed E-state index contributed by atoms with van der Waals surface area (Å²) in [5.74, 6) is 0.850. The molecule has 0 aliphatic heterocycles. The average Bonchev–Trinajstić information content (AvgIpc) is 2.84. The van der Waals surface area contributed by atoms with Gasteiger partial charge in [-0.05, 0) is 36.4 Å². The van der Waals surface area contributed by atoms with Crippen LogP contribution in [0.25, 0.3) is 10.2 Å². The number of hydrogen-bond donors (Lipinski definition) is 1. The number of rotatable bonds is 9. The molecule has 20 heavy (non-hydrogen) atoms. The lowest BCUT2D eigenvalue weighted by Crippen LogP contribution is -2.04. The first kappa shape index (κ1) is 15.8. The molecule has 4 heteroatoms. The van der Waals surface area contributed by atoms with Crippen LogP contribution in [0.5, 0.6) is 0 Å². The first-order valence-corrected chi connectivity index (χ1v) is 9.14. The number of para-hydroxylation sites is 1. The fourth-order valence-corrected chi connectivity index (χ4v) is 3.93. The van der Waals surface area contributed by atoms with Gasteiger partial charge in [0.25, 0.3) is 0 Å². The van der Waals surface area contributed by atoms with Crippen LogP contribution in [-0.4, -0.2) is 11.5 Å². The molecule has 2 nitrogen and oxygen atoms in total. The lowest BCUT2D eigenvalue weighted by molar-refractivity contribution is 0.520. The molecule has 0 spiro atoms. The number of benzene rings is 1. The highest BCUT2D eigenvalue weighted by Crippen LogP contribution is 2.27. The molecule has 0 bridgehead atoms. The van der Waals surface area contributed by atoms with Crippen molar-refractivity contribution in [2.24, 2.45) is 5.92 Å². The van der Waals surface area contributed by atoms with Gasteiger partial charge in [-0.1, -0.05) is 51.7 Å². The van der Waals surface area contributed by atoms with Gasteiger partial charge in [-0.15, -0.1) is 11.3 Å². The van der Waals surface area contributed by atoms with Crippen molar-refractivity contribution in [1.29, 1.82) is 0 Å². The SMILES string of the molecule is CC(C)CCCCCCNSc1nc2ccccc2s1. The summed E-state index contributed by atoms with van der Waals surface area (Å²) in [4.78, 5) is 4.60. The first-order chi connectivity index (χ1) is 9.75. The molecule has 1 N–H and O–H groups in total. The quantitative estimate of drug-likeness (QED) is 0.489. The van der Waals surface area contributed by atoms with Crippen molar-refractivity contribution >= 4 is 33.5 Å². The minimum Gasteiger partial charge on any atom is -0.258 e. The molecule has 1 aromatic heterocycles. The zero-order valence-corrected chi connectivity index (χ0v) is 14.0. The molecule has 1 aromatic carbocycles. The Bertz CT molecular complexity index is 475. The Kier molecular flexibility index (Phi) is 6.83. The standard InChI is InChI=1S/C16H24N2S2/c1-13(2)9-5-3-4-8-12-17-20-16-18-14-10-6-7-11-15(14)19-16/h6-7,10-11,13,17H,3-5,8-9,12H2,1-2H3. The predicted molar refractivity (Wildman–Crippen MR) is 91.4 cm³/mol. The Hall–Kier alpha value is -0.580. The van der Waals surface area contributed by atoms with Gasteiger partial charge in [-0.2, -0.15) is 0 Å². The molecule has 0 aliphatic rings. The van der Waals surface area contributed by atoms with Gasteiger partial charge in [0, 0.05) is 6.54 Å². The monoisotopic (exact) mass is 308 g/mol. The Balaban J connectivity index is 1.57. The normalized spacial score (nSPS) is 11.6. The van der Waals surface area contributed by atoms with E-state index < -0.39 is 0 Å². The lowest BCUT2D eigenvalue weighted by atomic mass is 10.0. The van der Waals surface area contributed by atoms with Crippen LogP contribution in [0.3, 0.4) is 0 Å². The highest BCUT2D eigenvalue weighted by molar-refractivity contribution is 7.99. The van der Waals surface area contributed by atoms with E-state index in [0.29, 0.717) is 0 Å². The van der Waals surface area contributed by atoms with Crippen LogP contribution in [0.1, 0.15) is 46.0 Å². The maximum absolute atomic E-state index is 4.60. The van der Waals surface area contributed by atoms with E-state index in [4.69, 9.17) is 0 Å². The highest BCUT2D eigenvalue weighted by atomic mass is 32.2. The molecule has 1 heterocycles. The number of nitrogens with zero attached hydrogens (tertiary/aromatic N) is 1. The molecule has 2 rings (SSSR count). The minimum atomic E-state index is 0.850. The maximum atomic E-state index is 4.60. The third-order valence-electron chi connectivity index (χ3n) is 3.24. The van der Waals surface area contributed by atoms with Crippen molar-refractivity contribution in [1.82, 2.24) is 9.71 Å². The van der Waals surface area contributed by atoms with E-state index in [2.05, 4.69) is 41.8 Å². The van der Waals surface area contributed by atoms with E-state index in [9.17, 15) is 0 Å². The van der Waals surface area contributed by atoms with E-state index in [1.54, 1.807) is 23.3 Å². The van der Waals surface area contributed by atoms with Gasteiger partial charge in [0.15, 0.2) is 4.34 Å². The van der Waals surface area contributed by atoms with Gasteiger partial charge < -0.3 is 0 Å². The van der Waals surface area contributed by atoms with Crippen LogP contribution in [0, 0.1) is 5.92 Å². The van der Waals surface area contributed by atoms with Crippen LogP contribution < -0.4 is 4.72 Å². The van der Waals surface area contributed by atoms with Crippen LogP contribution in [0.2, 0.25) is 0 Å². The lowest BCUT2D eigenvalue weighted by Gasteiger charge is -2.04. The molecular formula is C16H24N2S2. The maximum Gasteiger partial charge on any atom is 0.166 e. The molecule has 0 saturated heterocycles. The number of thiazole rings is 1. The van der Waals surface area contributed by atoms with Gasteiger partial charge in [0.2, 0.25) is 0 Å². The fraction of sp³-hybridized carbons (Fsp3) is 0.562. The van der Waals surface area contributed by atoms with Gasteiger partial charge in [0.05, 0.1) is 10.2 Å². The molecule has 0 saturated carbocycles. The number of nitrogens with one attached hydrogen (secondary N) is 1. The zero-order chi connectivity index (χ0) is 14.2. The van der Waals surface area contributed by atoms with Crippen molar-refractivity contribution in [2.45, 2.75) is 50.3 Å². The molecule has 0 radical (unpaired) electrons. The number of hydrogen-bond acceptors (Lipinski definition) is 4. The summed E-state index contributed by atoms with van der Waals surface area (Å²) >= 11 is 3.43. The summed E-state index contributed by atoms with van der Waals surface area (Å²) in [5.41, 5.74) is 1.11. The third kappa shape index (κ3) is 5.43. The largest absolute Gasteiger partial charge is 0.258 e. The summed E-state index contributed by atoms with van der Waals surface area (Å²) in [5, 5.41) is 0. The minimum absolute atomic E-state index is 0.850. The van der Waals surface area contributed by atoms with Crippen LogP contribution >= 0.6 is 23.3 Å². The van der Waals surface area contributed by atoms with Crippen molar-refractivity contribution in [3.8, 4) is 0 Å². The van der Waals surface area contributed by atoms with Crippen molar-refractivity contribution in [2.75, 3.05) is 6.54 Å². The summed E-state index contributed by atoms with van der Waals surface area (Å²) in [6.07, 6.45) is 6.71. The number of unbranched alkanes of at least 4 members (excludes halogenated alkanes) is 3. The Morgan fingerprint density at radius 2 is 1.95 bits per heavy atom. The Morgan fingerprint density at radius 1 is 1.15 bits per heavy atom. The van der Waals surface area contributed by atoms with Gasteiger partial charge >= 0.3 is 0 Å². The first-order valence-electron chi connectivity index (χ1n) is 7.51. The fourth-order valence-electron chi connectivity index (χ4n) is 2.11. The van der Waals surface area contributed by atoms with E-state index in [0.717, 1.165) is 22.3 Å². The molecule has 0 amide bonds. The van der Waals surface area contributed by atoms with Crippen molar-refractivity contribution in [3.63, 3.8) is 0 Å². The molecule has 0 fully saturated rings. The molecule has 2 aromatic rings. The summed E-state index contributed by atoms with van der Waals surface area (Å²) in [6, 6.07) is 8.32. The Morgan fingerprint density at radius 3 is 2.75 bits per heavy atom. The summed E-state index contributed by atoms with van der Waals surface area (Å²) < 4.78 is 5.81. The summed E-state index contributed by atoms with van der Waals surface area (Å²) in [6.45, 7) is 5.68. The van der Waals surface area contributed by atoms with Gasteiger partial charge in [0.1, 0.15) is 0 Å². The molecular weight excluding hydrogens is 284 g/mol. The molecule has 0 aliphatic carbocycles. The van der Waals surface area contributed by atoms with Crippen LogP contribution in [-0.2, 0) is 0 Å². The van der Waals surface area contributed by atoms with E-state index in [-0.39, 0.29) is 0 Å². The second kappa shape index (κ2) is 8.65. The van der Waals surface area contributed by atoms with E-state index in [1.165, 1.54) is 36.8 Å². The van der Waals surface area contributed by atoms with Crippen LogP contribution in [0.15, 0.2) is 28.6 Å². The average molecular weight is 309 g/mol. The zero-order valence-electron chi connectivity index (χ0n) is 12.4. The third-order valence-corrected chi connectivity index (χ3v) is 5.19. The van der Waals surface area contributed by atoms with Crippen molar-refractivity contribution < 1.29 is 0 Å². The topological polar surface area (TPSA) is 24.9 Å². The number of aromatic nitrogens is 1. The van der Waals surface area contributed by atoms with E-state index >= 15 is 0 Å². The predicted octanol–water partition coefficient (Wildman–Crippen LogP) is 5.50. The Labute approximate surface area is 130 Å². The molecule has 110 valence electrons. The number of fused-ring (bicyclic) bond motifs is 1. The second-order valence-electron chi connectivity index (χ2n) is 5.54. The molecule has 0 atom stereocenters. The van der Waals surface area contributed by atoms with Gasteiger partial charge in [-0.3, -0.25) is 4.72 Å². The highest BCUT2D eigenvalue weighted by Gasteiger charge is 2.03. The van der Waals surface area contributed by atoms with Crippen molar-refractivity contribution in [3.05, 3.63) is 24.3 Å². The van der Waals surface area contributed by atoms with Gasteiger partial charge in [-0.25, -0.2) is 4.98 Å². The van der Waals surface area contributed by atoms with E-state index in [1.807, 2.05) is 6.07 Å². The van der Waals surface area contributed by atoms with Crippen LogP contribution in [0.4, 0.5) is 0 Å². The second-order valence-corrected chi connectivity index (χ2v) is 7.71. The smallest absolute Gasteiger partial charge is 0.166 e. The summed E-state index contributed by atoms with van der Waals surface area (Å²) in [7, 11) is 0. The molecule has 0 unspecified atom stereocenters.